The van der Waals surface area contributed by atoms with Gasteiger partial charge in [0.05, 0.1) is 19.2 Å². The van der Waals surface area contributed by atoms with Crippen LogP contribution in [0.4, 0.5) is 0 Å². The van der Waals surface area contributed by atoms with Crippen LogP contribution in [0.25, 0.3) is 0 Å². The van der Waals surface area contributed by atoms with E-state index < -0.39 is 5.97 Å². The van der Waals surface area contributed by atoms with Gasteiger partial charge in [0, 0.05) is 4.88 Å². The van der Waals surface area contributed by atoms with Crippen LogP contribution in [-0.2, 0) is 11.2 Å². The first-order valence-electron chi connectivity index (χ1n) is 8.52. The van der Waals surface area contributed by atoms with Gasteiger partial charge in [-0.05, 0) is 53.6 Å². The monoisotopic (exact) mass is 414 g/mol. The number of thiophene rings is 2. The molecule has 2 aromatic heterocycles. The Morgan fingerprint density at radius 3 is 2.64 bits per heavy atom. The summed E-state index contributed by atoms with van der Waals surface area (Å²) in [5.74, 6) is 0.142. The fourth-order valence-corrected chi connectivity index (χ4v) is 3.59. The second-order valence-corrected chi connectivity index (χ2v) is 7.54. The minimum atomic E-state index is -0.432. The second kappa shape index (κ2) is 9.82. The molecule has 0 aliphatic rings. The lowest BCUT2D eigenvalue weighted by Gasteiger charge is -2.10. The second-order valence-electron chi connectivity index (χ2n) is 5.56. The number of hydrogen-bond donors (Lipinski definition) is 1. The quantitative estimate of drug-likeness (QED) is 0.260. The molecule has 0 fully saturated rings. The van der Waals surface area contributed by atoms with Crippen molar-refractivity contribution in [3.8, 4) is 11.5 Å². The van der Waals surface area contributed by atoms with Crippen LogP contribution in [0.1, 0.15) is 27.0 Å². The zero-order valence-electron chi connectivity index (χ0n) is 15.1. The van der Waals surface area contributed by atoms with E-state index in [0.29, 0.717) is 28.5 Å². The summed E-state index contributed by atoms with van der Waals surface area (Å²) >= 11 is 2.84. The van der Waals surface area contributed by atoms with E-state index in [-0.39, 0.29) is 12.3 Å². The van der Waals surface area contributed by atoms with Crippen molar-refractivity contribution in [3.05, 3.63) is 68.5 Å². The molecule has 28 heavy (non-hydrogen) atoms. The molecule has 0 unspecified atom stereocenters. The third-order valence-corrected chi connectivity index (χ3v) is 5.24. The summed E-state index contributed by atoms with van der Waals surface area (Å²) in [6.45, 7) is 2.26. The van der Waals surface area contributed by atoms with Crippen LogP contribution in [0.15, 0.2) is 58.3 Å². The van der Waals surface area contributed by atoms with Gasteiger partial charge in [-0.15, -0.1) is 22.7 Å². The smallest absolute Gasteiger partial charge is 0.353 e. The minimum absolute atomic E-state index is 0.190. The topological polar surface area (TPSA) is 77.0 Å². The SMILES string of the molecule is CCOc1cc(/C=N/NC(=O)Cc2cccs2)ccc1OC(=O)c1cccs1. The fourth-order valence-electron chi connectivity index (χ4n) is 2.29. The molecule has 0 radical (unpaired) electrons. The number of rotatable bonds is 8. The molecule has 144 valence electrons. The van der Waals surface area contributed by atoms with Gasteiger partial charge < -0.3 is 9.47 Å². The average molecular weight is 415 g/mol. The molecule has 3 aromatic rings. The Bertz CT molecular complexity index is 951. The first-order chi connectivity index (χ1) is 13.7. The van der Waals surface area contributed by atoms with Crippen molar-refractivity contribution < 1.29 is 19.1 Å². The number of nitrogens with one attached hydrogen (secondary N) is 1. The molecule has 3 rings (SSSR count). The van der Waals surface area contributed by atoms with Crippen molar-refractivity contribution >= 4 is 40.8 Å². The molecule has 0 bridgehead atoms. The summed E-state index contributed by atoms with van der Waals surface area (Å²) in [5.41, 5.74) is 3.20. The predicted molar refractivity (Wildman–Crippen MR) is 111 cm³/mol. The zero-order valence-corrected chi connectivity index (χ0v) is 16.7. The number of hydrogen-bond acceptors (Lipinski definition) is 7. The zero-order chi connectivity index (χ0) is 19.8. The molecular weight excluding hydrogens is 396 g/mol. The van der Waals surface area contributed by atoms with Gasteiger partial charge in [0.15, 0.2) is 11.5 Å². The summed E-state index contributed by atoms with van der Waals surface area (Å²) in [6.07, 6.45) is 1.80. The highest BCUT2D eigenvalue weighted by Gasteiger charge is 2.14. The first kappa shape index (κ1) is 19.8. The van der Waals surface area contributed by atoms with Crippen molar-refractivity contribution in [2.75, 3.05) is 6.61 Å². The maximum atomic E-state index is 12.2. The van der Waals surface area contributed by atoms with Crippen molar-refractivity contribution in [3.63, 3.8) is 0 Å². The summed E-state index contributed by atoms with van der Waals surface area (Å²) in [7, 11) is 0. The van der Waals surface area contributed by atoms with Crippen molar-refractivity contribution in [1.29, 1.82) is 0 Å². The van der Waals surface area contributed by atoms with Gasteiger partial charge in [0.25, 0.3) is 0 Å². The highest BCUT2D eigenvalue weighted by molar-refractivity contribution is 7.12. The van der Waals surface area contributed by atoms with Crippen LogP contribution in [0.3, 0.4) is 0 Å². The van der Waals surface area contributed by atoms with Crippen molar-refractivity contribution in [2.24, 2.45) is 5.10 Å². The molecule has 1 aromatic carbocycles. The molecule has 0 spiro atoms. The van der Waals surface area contributed by atoms with E-state index in [1.807, 2.05) is 29.8 Å². The normalized spacial score (nSPS) is 10.8. The van der Waals surface area contributed by atoms with Crippen molar-refractivity contribution in [1.82, 2.24) is 5.43 Å². The number of carbonyl (C=O) groups is 2. The van der Waals surface area contributed by atoms with Crippen LogP contribution in [0.5, 0.6) is 11.5 Å². The van der Waals surface area contributed by atoms with Gasteiger partial charge in [0.1, 0.15) is 4.88 Å². The molecule has 0 saturated carbocycles. The van der Waals surface area contributed by atoms with Gasteiger partial charge in [-0.1, -0.05) is 12.1 Å². The van der Waals surface area contributed by atoms with E-state index in [4.69, 9.17) is 9.47 Å². The van der Waals surface area contributed by atoms with E-state index in [0.717, 1.165) is 4.88 Å². The van der Waals surface area contributed by atoms with E-state index >= 15 is 0 Å². The lowest BCUT2D eigenvalue weighted by Crippen LogP contribution is -2.19. The van der Waals surface area contributed by atoms with Gasteiger partial charge in [-0.3, -0.25) is 4.79 Å². The minimum Gasteiger partial charge on any atom is -0.490 e. The first-order valence-corrected chi connectivity index (χ1v) is 10.3. The fraction of sp³-hybridized carbons (Fsp3) is 0.150. The molecule has 1 amide bonds. The van der Waals surface area contributed by atoms with Crippen LogP contribution in [0, 0.1) is 0 Å². The standard InChI is InChI=1S/C20H18N2O4S2/c1-2-25-17-11-14(13-21-22-19(23)12-15-5-3-9-27-15)7-8-16(17)26-20(24)18-6-4-10-28-18/h3-11,13H,2,12H2,1H3,(H,22,23)/b21-13+. The number of esters is 1. The van der Waals surface area contributed by atoms with E-state index in [1.54, 1.807) is 30.3 Å². The Morgan fingerprint density at radius 2 is 1.93 bits per heavy atom. The summed E-state index contributed by atoms with van der Waals surface area (Å²) in [5, 5.41) is 7.71. The molecule has 8 heteroatoms. The Hall–Kier alpha value is -2.97. The van der Waals surface area contributed by atoms with E-state index in [9.17, 15) is 9.59 Å². The van der Waals surface area contributed by atoms with Crippen LogP contribution < -0.4 is 14.9 Å². The Morgan fingerprint density at radius 1 is 1.11 bits per heavy atom. The summed E-state index contributed by atoms with van der Waals surface area (Å²) < 4.78 is 11.0. The molecule has 0 atom stereocenters. The largest absolute Gasteiger partial charge is 0.490 e. The Labute approximate surface area is 170 Å². The lowest BCUT2D eigenvalue weighted by molar-refractivity contribution is -0.120. The highest BCUT2D eigenvalue weighted by atomic mass is 32.1. The number of amides is 1. The molecular formula is C20H18N2O4S2. The summed E-state index contributed by atoms with van der Waals surface area (Å²) in [4.78, 5) is 25.5. The van der Waals surface area contributed by atoms with Gasteiger partial charge >= 0.3 is 5.97 Å². The molecule has 1 N–H and O–H groups in total. The van der Waals surface area contributed by atoms with Crippen molar-refractivity contribution in [2.45, 2.75) is 13.3 Å². The van der Waals surface area contributed by atoms with Crippen LogP contribution in [-0.4, -0.2) is 24.7 Å². The van der Waals surface area contributed by atoms with E-state index in [1.165, 1.54) is 28.9 Å². The summed E-state index contributed by atoms with van der Waals surface area (Å²) in [6, 6.07) is 12.4. The maximum Gasteiger partial charge on any atom is 0.353 e. The van der Waals surface area contributed by atoms with Gasteiger partial charge in [0.2, 0.25) is 5.91 Å². The third kappa shape index (κ3) is 5.51. The molecule has 0 aliphatic heterocycles. The highest BCUT2D eigenvalue weighted by Crippen LogP contribution is 2.29. The van der Waals surface area contributed by atoms with Gasteiger partial charge in [-0.25, -0.2) is 10.2 Å². The lowest BCUT2D eigenvalue weighted by atomic mass is 10.2. The number of ether oxygens (including phenoxy) is 2. The third-order valence-electron chi connectivity index (χ3n) is 3.51. The number of carbonyl (C=O) groups excluding carboxylic acids is 2. The molecule has 0 saturated heterocycles. The average Bonchev–Trinajstić information content (AvgIpc) is 3.38. The molecule has 0 aliphatic carbocycles. The van der Waals surface area contributed by atoms with Crippen LogP contribution in [0.2, 0.25) is 0 Å². The van der Waals surface area contributed by atoms with Crippen LogP contribution >= 0.6 is 22.7 Å². The number of benzene rings is 1. The number of hydrazone groups is 1. The Kier molecular flexibility index (Phi) is 6.94. The molecule has 6 nitrogen and oxygen atoms in total. The number of nitrogens with zero attached hydrogens (tertiary/aromatic N) is 1. The molecule has 2 heterocycles. The van der Waals surface area contributed by atoms with E-state index in [2.05, 4.69) is 10.5 Å². The maximum absolute atomic E-state index is 12.2. The Balaban J connectivity index is 1.64. The predicted octanol–water partition coefficient (Wildman–Crippen LogP) is 4.12. The van der Waals surface area contributed by atoms with Gasteiger partial charge in [-0.2, -0.15) is 5.10 Å².